The molecule has 2 rings (SSSR count). The first-order valence-electron chi connectivity index (χ1n) is 5.81. The van der Waals surface area contributed by atoms with Crippen LogP contribution in [0.1, 0.15) is 6.92 Å². The third kappa shape index (κ3) is 2.86. The molecule has 2 aromatic rings. The van der Waals surface area contributed by atoms with Crippen LogP contribution < -0.4 is 10.6 Å². The Hall–Kier alpha value is -2.45. The lowest BCUT2D eigenvalue weighted by molar-refractivity contribution is 0.382. The topological polar surface area (TPSA) is 49.8 Å². The lowest BCUT2D eigenvalue weighted by atomic mass is 10.2. The van der Waals surface area contributed by atoms with Crippen LogP contribution in [0.5, 0.6) is 0 Å². The molecule has 1 heterocycles. The summed E-state index contributed by atoms with van der Waals surface area (Å²) in [4.78, 5) is 7.62. The van der Waals surface area contributed by atoms with Crippen LogP contribution in [0.3, 0.4) is 0 Å². The van der Waals surface area contributed by atoms with Gasteiger partial charge in [-0.05, 0) is 13.0 Å². The van der Waals surface area contributed by atoms with Gasteiger partial charge < -0.3 is 10.6 Å². The summed E-state index contributed by atoms with van der Waals surface area (Å²) < 4.78 is 66.0. The molecule has 21 heavy (non-hydrogen) atoms. The van der Waals surface area contributed by atoms with Gasteiger partial charge in [0.25, 0.3) is 0 Å². The molecular weight excluding hydrogens is 295 g/mol. The van der Waals surface area contributed by atoms with E-state index in [1.54, 1.807) is 6.92 Å². The number of nitrogens with zero attached hydrogens (tertiary/aromatic N) is 2. The van der Waals surface area contributed by atoms with Gasteiger partial charge in [0, 0.05) is 12.7 Å². The first-order chi connectivity index (χ1) is 9.95. The number of hydrogen-bond acceptors (Lipinski definition) is 4. The van der Waals surface area contributed by atoms with E-state index in [1.807, 2.05) is 0 Å². The van der Waals surface area contributed by atoms with Gasteiger partial charge in [0.1, 0.15) is 11.5 Å². The molecule has 1 aromatic heterocycles. The maximum absolute atomic E-state index is 13.5. The van der Waals surface area contributed by atoms with Crippen LogP contribution in [0, 0.1) is 29.1 Å². The number of anilines is 3. The molecular formula is C12H9F5N4. The molecule has 0 aliphatic carbocycles. The monoisotopic (exact) mass is 304 g/mol. The molecule has 0 fully saturated rings. The number of aromatic nitrogens is 2. The zero-order chi connectivity index (χ0) is 15.6. The zero-order valence-electron chi connectivity index (χ0n) is 10.6. The Morgan fingerprint density at radius 2 is 1.52 bits per heavy atom. The number of benzene rings is 1. The summed E-state index contributed by atoms with van der Waals surface area (Å²) in [5, 5.41) is 4.80. The highest BCUT2D eigenvalue weighted by molar-refractivity contribution is 5.59. The second kappa shape index (κ2) is 5.90. The highest BCUT2D eigenvalue weighted by Gasteiger charge is 2.26. The van der Waals surface area contributed by atoms with Crippen LogP contribution in [0.2, 0.25) is 0 Å². The van der Waals surface area contributed by atoms with Crippen molar-refractivity contribution in [2.45, 2.75) is 6.92 Å². The van der Waals surface area contributed by atoms with Crippen molar-refractivity contribution < 1.29 is 22.0 Å². The van der Waals surface area contributed by atoms with E-state index in [9.17, 15) is 22.0 Å². The molecule has 0 saturated carbocycles. The Morgan fingerprint density at radius 3 is 2.10 bits per heavy atom. The maximum atomic E-state index is 13.5. The number of hydrogen-bond donors (Lipinski definition) is 2. The predicted molar refractivity (Wildman–Crippen MR) is 65.7 cm³/mol. The zero-order valence-corrected chi connectivity index (χ0v) is 10.6. The summed E-state index contributed by atoms with van der Waals surface area (Å²) in [5.74, 6) is -10.2. The summed E-state index contributed by atoms with van der Waals surface area (Å²) in [7, 11) is 0. The summed E-state index contributed by atoms with van der Waals surface area (Å²) in [6, 6.07) is 1.22. The first kappa shape index (κ1) is 14.9. The van der Waals surface area contributed by atoms with Crippen molar-refractivity contribution >= 4 is 17.5 Å². The molecule has 0 radical (unpaired) electrons. The summed E-state index contributed by atoms with van der Waals surface area (Å²) in [6.45, 7) is 2.26. The third-order valence-corrected chi connectivity index (χ3v) is 2.45. The van der Waals surface area contributed by atoms with Gasteiger partial charge in [-0.2, -0.15) is 4.98 Å². The average Bonchev–Trinajstić information content (AvgIpc) is 2.48. The molecule has 0 unspecified atom stereocenters. The standard InChI is InChI=1S/C12H9F5N4/c1-2-18-12-19-4-3-5(21-12)20-11-9(16)7(14)6(13)8(15)10(11)17/h3-4H,2H2,1H3,(H2,18,19,20,21). The number of halogens is 5. The third-order valence-electron chi connectivity index (χ3n) is 2.45. The van der Waals surface area contributed by atoms with E-state index in [0.717, 1.165) is 0 Å². The van der Waals surface area contributed by atoms with Gasteiger partial charge >= 0.3 is 0 Å². The minimum absolute atomic E-state index is 0.121. The Balaban J connectivity index is 2.42. The van der Waals surface area contributed by atoms with Crippen LogP contribution in [-0.2, 0) is 0 Å². The number of rotatable bonds is 4. The van der Waals surface area contributed by atoms with Crippen LogP contribution in [0.15, 0.2) is 12.3 Å². The Bertz CT molecular complexity index is 648. The van der Waals surface area contributed by atoms with Crippen molar-refractivity contribution in [2.24, 2.45) is 0 Å². The second-order valence-electron chi connectivity index (χ2n) is 3.87. The van der Waals surface area contributed by atoms with Gasteiger partial charge in [-0.3, -0.25) is 0 Å². The van der Waals surface area contributed by atoms with Gasteiger partial charge in [0.15, 0.2) is 23.3 Å². The molecule has 0 saturated heterocycles. The highest BCUT2D eigenvalue weighted by atomic mass is 19.2. The molecule has 0 bridgehead atoms. The lowest BCUT2D eigenvalue weighted by Gasteiger charge is -2.10. The largest absolute Gasteiger partial charge is 0.354 e. The van der Waals surface area contributed by atoms with E-state index in [1.165, 1.54) is 12.3 Å². The fraction of sp³-hybridized carbons (Fsp3) is 0.167. The molecule has 0 amide bonds. The Labute approximate surface area is 116 Å². The van der Waals surface area contributed by atoms with Crippen molar-refractivity contribution in [1.29, 1.82) is 0 Å². The van der Waals surface area contributed by atoms with Crippen molar-refractivity contribution in [3.63, 3.8) is 0 Å². The van der Waals surface area contributed by atoms with E-state index in [0.29, 0.717) is 6.54 Å². The molecule has 2 N–H and O–H groups in total. The normalized spacial score (nSPS) is 10.6. The fourth-order valence-corrected chi connectivity index (χ4v) is 1.51. The minimum Gasteiger partial charge on any atom is -0.354 e. The van der Waals surface area contributed by atoms with Gasteiger partial charge in [-0.1, -0.05) is 0 Å². The van der Waals surface area contributed by atoms with Crippen molar-refractivity contribution in [1.82, 2.24) is 9.97 Å². The van der Waals surface area contributed by atoms with E-state index < -0.39 is 34.8 Å². The van der Waals surface area contributed by atoms with Crippen molar-refractivity contribution in [3.8, 4) is 0 Å². The summed E-state index contributed by atoms with van der Waals surface area (Å²) in [6.07, 6.45) is 1.26. The first-order valence-corrected chi connectivity index (χ1v) is 5.81. The van der Waals surface area contributed by atoms with Crippen LogP contribution in [0.4, 0.5) is 39.4 Å². The molecule has 0 spiro atoms. The minimum atomic E-state index is -2.22. The molecule has 0 aliphatic rings. The molecule has 9 heteroatoms. The van der Waals surface area contributed by atoms with Crippen molar-refractivity contribution in [2.75, 3.05) is 17.2 Å². The number of nitrogens with one attached hydrogen (secondary N) is 2. The highest BCUT2D eigenvalue weighted by Crippen LogP contribution is 2.29. The van der Waals surface area contributed by atoms with Gasteiger partial charge in [-0.15, -0.1) is 0 Å². The Morgan fingerprint density at radius 1 is 0.952 bits per heavy atom. The quantitative estimate of drug-likeness (QED) is 0.517. The summed E-state index contributed by atoms with van der Waals surface area (Å²) >= 11 is 0. The van der Waals surface area contributed by atoms with E-state index >= 15 is 0 Å². The van der Waals surface area contributed by atoms with E-state index in [-0.39, 0.29) is 11.8 Å². The van der Waals surface area contributed by atoms with E-state index in [4.69, 9.17) is 0 Å². The van der Waals surface area contributed by atoms with Crippen LogP contribution in [-0.4, -0.2) is 16.5 Å². The molecule has 0 atom stereocenters. The molecule has 0 aliphatic heterocycles. The molecule has 1 aromatic carbocycles. The smallest absolute Gasteiger partial charge is 0.224 e. The molecule has 112 valence electrons. The van der Waals surface area contributed by atoms with Gasteiger partial charge in [0.2, 0.25) is 11.8 Å². The van der Waals surface area contributed by atoms with Crippen LogP contribution >= 0.6 is 0 Å². The maximum Gasteiger partial charge on any atom is 0.224 e. The summed E-state index contributed by atoms with van der Waals surface area (Å²) in [5.41, 5.74) is -1.17. The fourth-order valence-electron chi connectivity index (χ4n) is 1.51. The molecule has 4 nitrogen and oxygen atoms in total. The average molecular weight is 304 g/mol. The van der Waals surface area contributed by atoms with E-state index in [2.05, 4.69) is 20.6 Å². The lowest BCUT2D eigenvalue weighted by Crippen LogP contribution is -2.09. The van der Waals surface area contributed by atoms with Gasteiger partial charge in [0.05, 0.1) is 0 Å². The van der Waals surface area contributed by atoms with Crippen LogP contribution in [0.25, 0.3) is 0 Å². The predicted octanol–water partition coefficient (Wildman–Crippen LogP) is 3.35. The van der Waals surface area contributed by atoms with Crippen molar-refractivity contribution in [3.05, 3.63) is 41.3 Å². The SMILES string of the molecule is CCNc1nccc(Nc2c(F)c(F)c(F)c(F)c2F)n1. The second-order valence-corrected chi connectivity index (χ2v) is 3.87. The van der Waals surface area contributed by atoms with Gasteiger partial charge in [-0.25, -0.2) is 26.9 Å². The Kier molecular flexibility index (Phi) is 4.20.